The van der Waals surface area contributed by atoms with E-state index in [-0.39, 0.29) is 0 Å². The minimum Gasteiger partial charge on any atom is -0.481 e. The molecular weight excluding hydrogens is 246 g/mol. The maximum Gasteiger partial charge on any atom is 0.221 e. The van der Waals surface area contributed by atoms with E-state index in [9.17, 15) is 0 Å². The highest BCUT2D eigenvalue weighted by molar-refractivity contribution is 9.10. The Morgan fingerprint density at radius 2 is 2.29 bits per heavy atom. The van der Waals surface area contributed by atoms with Gasteiger partial charge in [0.2, 0.25) is 5.88 Å². The van der Waals surface area contributed by atoms with Crippen LogP contribution in [0.15, 0.2) is 29.1 Å². The van der Waals surface area contributed by atoms with Gasteiger partial charge in [-0.15, -0.1) is 0 Å². The molecule has 0 fully saturated rings. The fraction of sp³-hybridized carbons (Fsp3) is 0.111. The van der Waals surface area contributed by atoms with Crippen molar-refractivity contribution in [3.8, 4) is 17.0 Å². The summed E-state index contributed by atoms with van der Waals surface area (Å²) in [5.74, 6) is 0.592. The van der Waals surface area contributed by atoms with Gasteiger partial charge in [0.05, 0.1) is 13.3 Å². The standard InChI is InChI=1S/C9H8BrN3O/c1-14-9-8(2-7(10)5-11-9)6-3-12-13-4-6/h2-5H,1H3,(H,12,13). The van der Waals surface area contributed by atoms with Gasteiger partial charge in [0.15, 0.2) is 0 Å². The highest BCUT2D eigenvalue weighted by Gasteiger charge is 2.08. The van der Waals surface area contributed by atoms with E-state index in [0.29, 0.717) is 5.88 Å². The lowest BCUT2D eigenvalue weighted by atomic mass is 10.1. The molecular formula is C9H8BrN3O. The second kappa shape index (κ2) is 3.79. The van der Waals surface area contributed by atoms with Crippen LogP contribution in [-0.2, 0) is 0 Å². The van der Waals surface area contributed by atoms with Crippen LogP contribution < -0.4 is 4.74 Å². The number of aromatic amines is 1. The van der Waals surface area contributed by atoms with Gasteiger partial charge in [0.1, 0.15) is 0 Å². The number of ether oxygens (including phenoxy) is 1. The number of pyridine rings is 1. The Bertz CT molecular complexity index is 428. The first-order valence-corrected chi connectivity index (χ1v) is 4.79. The zero-order chi connectivity index (χ0) is 9.97. The van der Waals surface area contributed by atoms with E-state index in [1.165, 1.54) is 0 Å². The molecule has 0 spiro atoms. The molecule has 0 aliphatic rings. The van der Waals surface area contributed by atoms with Crippen LogP contribution >= 0.6 is 15.9 Å². The Balaban J connectivity index is 2.55. The molecule has 2 heterocycles. The summed E-state index contributed by atoms with van der Waals surface area (Å²) in [5.41, 5.74) is 1.87. The maximum atomic E-state index is 5.15. The predicted molar refractivity (Wildman–Crippen MR) is 56.1 cm³/mol. The maximum absolute atomic E-state index is 5.15. The number of hydrogen-bond acceptors (Lipinski definition) is 3. The summed E-state index contributed by atoms with van der Waals surface area (Å²) in [7, 11) is 1.60. The molecule has 14 heavy (non-hydrogen) atoms. The van der Waals surface area contributed by atoms with Crippen molar-refractivity contribution >= 4 is 15.9 Å². The van der Waals surface area contributed by atoms with Gasteiger partial charge in [-0.3, -0.25) is 5.10 Å². The number of halogens is 1. The van der Waals surface area contributed by atoms with E-state index in [1.54, 1.807) is 25.7 Å². The molecule has 0 saturated carbocycles. The zero-order valence-corrected chi connectivity index (χ0v) is 9.08. The average Bonchev–Trinajstić information content (AvgIpc) is 2.70. The first kappa shape index (κ1) is 9.21. The Morgan fingerprint density at radius 1 is 1.43 bits per heavy atom. The molecule has 4 nitrogen and oxygen atoms in total. The van der Waals surface area contributed by atoms with Gasteiger partial charge in [-0.1, -0.05) is 0 Å². The van der Waals surface area contributed by atoms with Crippen molar-refractivity contribution in [3.63, 3.8) is 0 Å². The van der Waals surface area contributed by atoms with Crippen molar-refractivity contribution in [1.82, 2.24) is 15.2 Å². The molecule has 2 aromatic rings. The number of nitrogens with zero attached hydrogens (tertiary/aromatic N) is 2. The molecule has 2 rings (SSSR count). The number of methoxy groups -OCH3 is 1. The van der Waals surface area contributed by atoms with Crippen molar-refractivity contribution in [2.24, 2.45) is 0 Å². The van der Waals surface area contributed by atoms with Crippen LogP contribution in [0.4, 0.5) is 0 Å². The lowest BCUT2D eigenvalue weighted by Gasteiger charge is -2.04. The molecule has 2 aromatic heterocycles. The van der Waals surface area contributed by atoms with Gasteiger partial charge in [0.25, 0.3) is 0 Å². The van der Waals surface area contributed by atoms with Crippen molar-refractivity contribution in [3.05, 3.63) is 29.1 Å². The minimum atomic E-state index is 0.592. The number of nitrogens with one attached hydrogen (secondary N) is 1. The quantitative estimate of drug-likeness (QED) is 0.894. The molecule has 5 heteroatoms. The van der Waals surface area contributed by atoms with Crippen LogP contribution in [0, 0.1) is 0 Å². The monoisotopic (exact) mass is 253 g/mol. The SMILES string of the molecule is COc1ncc(Br)cc1-c1cn[nH]c1. The smallest absolute Gasteiger partial charge is 0.221 e. The molecule has 0 atom stereocenters. The Kier molecular flexibility index (Phi) is 2.49. The van der Waals surface area contributed by atoms with Crippen molar-refractivity contribution in [1.29, 1.82) is 0 Å². The van der Waals surface area contributed by atoms with Crippen LogP contribution in [0.5, 0.6) is 5.88 Å². The van der Waals surface area contributed by atoms with Gasteiger partial charge in [-0.05, 0) is 22.0 Å². The third kappa shape index (κ3) is 1.63. The second-order valence-electron chi connectivity index (χ2n) is 2.70. The van der Waals surface area contributed by atoms with E-state index in [1.807, 2.05) is 6.07 Å². The second-order valence-corrected chi connectivity index (χ2v) is 3.61. The molecule has 0 unspecified atom stereocenters. The summed E-state index contributed by atoms with van der Waals surface area (Å²) < 4.78 is 6.06. The molecule has 0 aliphatic carbocycles. The highest BCUT2D eigenvalue weighted by atomic mass is 79.9. The predicted octanol–water partition coefficient (Wildman–Crippen LogP) is 2.24. The summed E-state index contributed by atoms with van der Waals surface area (Å²) >= 11 is 3.36. The summed E-state index contributed by atoms with van der Waals surface area (Å²) in [6.07, 6.45) is 5.22. The van der Waals surface area contributed by atoms with E-state index >= 15 is 0 Å². The fourth-order valence-electron chi connectivity index (χ4n) is 1.19. The van der Waals surface area contributed by atoms with Crippen LogP contribution in [0.3, 0.4) is 0 Å². The first-order valence-electron chi connectivity index (χ1n) is 4.00. The van der Waals surface area contributed by atoms with Crippen LogP contribution in [-0.4, -0.2) is 22.3 Å². The van der Waals surface area contributed by atoms with Crippen molar-refractivity contribution in [2.45, 2.75) is 0 Å². The molecule has 0 aliphatic heterocycles. The van der Waals surface area contributed by atoms with E-state index < -0.39 is 0 Å². The summed E-state index contributed by atoms with van der Waals surface area (Å²) in [5, 5.41) is 6.63. The third-order valence-electron chi connectivity index (χ3n) is 1.82. The Hall–Kier alpha value is -1.36. The summed E-state index contributed by atoms with van der Waals surface area (Å²) in [6.45, 7) is 0. The molecule has 72 valence electrons. The zero-order valence-electron chi connectivity index (χ0n) is 7.49. The average molecular weight is 254 g/mol. The van der Waals surface area contributed by atoms with Crippen molar-refractivity contribution < 1.29 is 4.74 Å². The summed E-state index contributed by atoms with van der Waals surface area (Å²) in [6, 6.07) is 1.94. The fourth-order valence-corrected chi connectivity index (χ4v) is 1.53. The lowest BCUT2D eigenvalue weighted by Crippen LogP contribution is -1.90. The molecule has 0 amide bonds. The Labute approximate surface area is 89.5 Å². The minimum absolute atomic E-state index is 0.592. The normalized spacial score (nSPS) is 10.1. The number of rotatable bonds is 2. The van der Waals surface area contributed by atoms with E-state index in [0.717, 1.165) is 15.6 Å². The highest BCUT2D eigenvalue weighted by Crippen LogP contribution is 2.29. The van der Waals surface area contributed by atoms with Gasteiger partial charge >= 0.3 is 0 Å². The van der Waals surface area contributed by atoms with E-state index in [4.69, 9.17) is 4.74 Å². The third-order valence-corrected chi connectivity index (χ3v) is 2.25. The topological polar surface area (TPSA) is 50.8 Å². The molecule has 0 bridgehead atoms. The Morgan fingerprint density at radius 3 is 2.93 bits per heavy atom. The molecule has 0 radical (unpaired) electrons. The van der Waals surface area contributed by atoms with Gasteiger partial charge in [0, 0.05) is 28.0 Å². The number of hydrogen-bond donors (Lipinski definition) is 1. The number of aromatic nitrogens is 3. The van der Waals surface area contributed by atoms with Gasteiger partial charge < -0.3 is 4.74 Å². The van der Waals surface area contributed by atoms with Crippen LogP contribution in [0.25, 0.3) is 11.1 Å². The summed E-state index contributed by atoms with van der Waals surface area (Å²) in [4.78, 5) is 4.14. The van der Waals surface area contributed by atoms with E-state index in [2.05, 4.69) is 31.1 Å². The van der Waals surface area contributed by atoms with Crippen LogP contribution in [0.1, 0.15) is 0 Å². The van der Waals surface area contributed by atoms with Gasteiger partial charge in [-0.25, -0.2) is 4.98 Å². The first-order chi connectivity index (χ1) is 6.81. The lowest BCUT2D eigenvalue weighted by molar-refractivity contribution is 0.399. The molecule has 0 saturated heterocycles. The molecule has 0 aromatic carbocycles. The number of H-pyrrole nitrogens is 1. The molecule has 1 N–H and O–H groups in total. The van der Waals surface area contributed by atoms with Crippen LogP contribution in [0.2, 0.25) is 0 Å². The largest absolute Gasteiger partial charge is 0.481 e. The van der Waals surface area contributed by atoms with Crippen molar-refractivity contribution in [2.75, 3.05) is 7.11 Å². The van der Waals surface area contributed by atoms with Gasteiger partial charge in [-0.2, -0.15) is 5.10 Å².